The fourth-order valence-corrected chi connectivity index (χ4v) is 2.61. The molecule has 0 aromatic heterocycles. The first-order valence-corrected chi connectivity index (χ1v) is 10.5. The molecule has 0 heterocycles. The van der Waals surface area contributed by atoms with Crippen molar-refractivity contribution < 1.29 is 9.53 Å². The molecule has 0 N–H and O–H groups in total. The fraction of sp³-hybridized carbons (Fsp3) is 0.625. The average Bonchev–Trinajstić information content (AvgIpc) is 2.64. The number of hydrogen-bond acceptors (Lipinski definition) is 2. The lowest BCUT2D eigenvalue weighted by Gasteiger charge is -2.11. The quantitative estimate of drug-likeness (QED) is 0.164. The van der Waals surface area contributed by atoms with Gasteiger partial charge in [-0.1, -0.05) is 75.3 Å². The van der Waals surface area contributed by atoms with E-state index in [9.17, 15) is 4.79 Å². The minimum atomic E-state index is -0.0501. The summed E-state index contributed by atoms with van der Waals surface area (Å²) in [6.45, 7) is 6.62. The number of esters is 1. The molecule has 0 aromatic carbocycles. The molecule has 2 nitrogen and oxygen atoms in total. The van der Waals surface area contributed by atoms with E-state index in [1.807, 2.05) is 13.8 Å². The van der Waals surface area contributed by atoms with Gasteiger partial charge in [-0.3, -0.25) is 4.79 Å². The fourth-order valence-electron chi connectivity index (χ4n) is 2.61. The summed E-state index contributed by atoms with van der Waals surface area (Å²) in [5.41, 5.74) is 0. The van der Waals surface area contributed by atoms with Crippen LogP contribution in [-0.2, 0) is 9.53 Å². The molecule has 0 aliphatic heterocycles. The summed E-state index contributed by atoms with van der Waals surface area (Å²) in [5.74, 6) is -0.00754. The number of carbonyl (C=O) groups excluding carboxylic acids is 1. The first-order valence-electron chi connectivity index (χ1n) is 10.5. The predicted octanol–water partition coefficient (Wildman–Crippen LogP) is 7.33. The third kappa shape index (κ3) is 15.9. The third-order valence-electron chi connectivity index (χ3n) is 4.25. The van der Waals surface area contributed by atoms with E-state index in [0.29, 0.717) is 6.61 Å². The van der Waals surface area contributed by atoms with Crippen molar-refractivity contribution in [1.29, 1.82) is 0 Å². The number of allylic oxidation sites excluding steroid dienone is 8. The van der Waals surface area contributed by atoms with E-state index < -0.39 is 0 Å². The molecule has 0 spiro atoms. The van der Waals surface area contributed by atoms with Crippen LogP contribution in [0.5, 0.6) is 0 Å². The zero-order valence-electron chi connectivity index (χ0n) is 17.3. The monoisotopic (exact) mass is 360 g/mol. The second-order valence-corrected chi connectivity index (χ2v) is 6.52. The third-order valence-corrected chi connectivity index (χ3v) is 4.25. The van der Waals surface area contributed by atoms with Gasteiger partial charge in [-0.2, -0.15) is 0 Å². The van der Waals surface area contributed by atoms with E-state index in [-0.39, 0.29) is 11.9 Å². The molecule has 2 heteroatoms. The van der Waals surface area contributed by atoms with Crippen molar-refractivity contribution >= 4 is 5.97 Å². The van der Waals surface area contributed by atoms with Crippen molar-refractivity contribution in [2.45, 2.75) is 85.0 Å². The topological polar surface area (TPSA) is 26.3 Å². The summed E-state index contributed by atoms with van der Waals surface area (Å²) >= 11 is 0. The van der Waals surface area contributed by atoms with Crippen LogP contribution < -0.4 is 0 Å². The molecule has 0 saturated carbocycles. The molecule has 0 fully saturated rings. The van der Waals surface area contributed by atoms with Crippen LogP contribution in [0.2, 0.25) is 0 Å². The van der Waals surface area contributed by atoms with E-state index >= 15 is 0 Å². The van der Waals surface area contributed by atoms with Crippen molar-refractivity contribution in [1.82, 2.24) is 0 Å². The van der Waals surface area contributed by atoms with Gasteiger partial charge in [0.15, 0.2) is 0 Å². The van der Waals surface area contributed by atoms with Crippen LogP contribution in [0.4, 0.5) is 0 Å². The van der Waals surface area contributed by atoms with Gasteiger partial charge in [0.2, 0.25) is 0 Å². The van der Waals surface area contributed by atoms with E-state index in [2.05, 4.69) is 55.5 Å². The van der Waals surface area contributed by atoms with Gasteiger partial charge in [0.05, 0.1) is 12.5 Å². The Morgan fingerprint density at radius 1 is 0.769 bits per heavy atom. The molecule has 0 aromatic rings. The zero-order valence-corrected chi connectivity index (χ0v) is 17.3. The van der Waals surface area contributed by atoms with Crippen LogP contribution in [0, 0.1) is 5.92 Å². The Balaban J connectivity index is 3.66. The Labute approximate surface area is 162 Å². The number of unbranched alkanes of at least 4 members (excludes halogenated alkanes) is 3. The van der Waals surface area contributed by atoms with Crippen LogP contribution in [-0.4, -0.2) is 12.6 Å². The highest BCUT2D eigenvalue weighted by Crippen LogP contribution is 2.13. The number of hydrogen-bond donors (Lipinski definition) is 0. The highest BCUT2D eigenvalue weighted by Gasteiger charge is 2.15. The first kappa shape index (κ1) is 24.4. The van der Waals surface area contributed by atoms with E-state index in [4.69, 9.17) is 4.74 Å². The smallest absolute Gasteiger partial charge is 0.308 e. The van der Waals surface area contributed by atoms with Gasteiger partial charge < -0.3 is 4.74 Å². The minimum Gasteiger partial charge on any atom is -0.466 e. The van der Waals surface area contributed by atoms with Crippen LogP contribution in [0.3, 0.4) is 0 Å². The zero-order chi connectivity index (χ0) is 19.3. The van der Waals surface area contributed by atoms with E-state index in [1.165, 1.54) is 25.7 Å². The van der Waals surface area contributed by atoms with Crippen LogP contribution >= 0.6 is 0 Å². The Hall–Kier alpha value is -1.57. The summed E-state index contributed by atoms with van der Waals surface area (Å²) in [6.07, 6.45) is 28.6. The lowest BCUT2D eigenvalue weighted by molar-refractivity contribution is -0.148. The number of carbonyl (C=O) groups is 1. The summed E-state index contributed by atoms with van der Waals surface area (Å²) < 4.78 is 5.09. The molecule has 0 saturated heterocycles. The Morgan fingerprint density at radius 2 is 1.31 bits per heavy atom. The molecule has 0 aliphatic rings. The maximum Gasteiger partial charge on any atom is 0.308 e. The first-order chi connectivity index (χ1) is 12.8. The Bertz CT molecular complexity index is 429. The molecule has 26 heavy (non-hydrogen) atoms. The molecule has 148 valence electrons. The van der Waals surface area contributed by atoms with Gasteiger partial charge in [-0.15, -0.1) is 0 Å². The Kier molecular flexibility index (Phi) is 18.6. The Morgan fingerprint density at radius 3 is 1.81 bits per heavy atom. The molecule has 1 unspecified atom stereocenters. The van der Waals surface area contributed by atoms with Crippen molar-refractivity contribution in [2.75, 3.05) is 6.61 Å². The predicted molar refractivity (Wildman–Crippen MR) is 114 cm³/mol. The molecule has 0 aliphatic carbocycles. The van der Waals surface area contributed by atoms with Gasteiger partial charge >= 0.3 is 5.97 Å². The van der Waals surface area contributed by atoms with Crippen LogP contribution in [0.1, 0.15) is 85.0 Å². The maximum absolute atomic E-state index is 11.7. The van der Waals surface area contributed by atoms with Gasteiger partial charge in [-0.25, -0.2) is 0 Å². The maximum atomic E-state index is 11.7. The molecule has 0 rings (SSSR count). The van der Waals surface area contributed by atoms with Crippen molar-refractivity contribution in [3.05, 3.63) is 48.6 Å². The largest absolute Gasteiger partial charge is 0.466 e. The number of ether oxygens (including phenoxy) is 1. The molecule has 0 amide bonds. The molecular formula is C24H40O2. The van der Waals surface area contributed by atoms with Gasteiger partial charge in [-0.05, 0) is 58.3 Å². The lowest BCUT2D eigenvalue weighted by Crippen LogP contribution is -2.16. The summed E-state index contributed by atoms with van der Waals surface area (Å²) in [4.78, 5) is 11.7. The summed E-state index contributed by atoms with van der Waals surface area (Å²) in [6, 6.07) is 0. The van der Waals surface area contributed by atoms with Crippen molar-refractivity contribution in [3.8, 4) is 0 Å². The molecule has 0 radical (unpaired) electrons. The number of rotatable bonds is 16. The second kappa shape index (κ2) is 19.8. The van der Waals surface area contributed by atoms with Crippen molar-refractivity contribution in [2.24, 2.45) is 5.92 Å². The summed E-state index contributed by atoms with van der Waals surface area (Å²) in [7, 11) is 0. The van der Waals surface area contributed by atoms with Gasteiger partial charge in [0.1, 0.15) is 0 Å². The lowest BCUT2D eigenvalue weighted by atomic mass is 10.0. The van der Waals surface area contributed by atoms with Crippen LogP contribution in [0.15, 0.2) is 48.6 Å². The highest BCUT2D eigenvalue weighted by atomic mass is 16.5. The molecule has 0 bridgehead atoms. The van der Waals surface area contributed by atoms with Gasteiger partial charge in [0.25, 0.3) is 0 Å². The SMILES string of the molecule is CCCCC/C=C\C/C=C\C/C=C\C/C=C\CCC(CC)C(=O)OCC. The molecular weight excluding hydrogens is 320 g/mol. The van der Waals surface area contributed by atoms with Gasteiger partial charge in [0, 0.05) is 0 Å². The minimum absolute atomic E-state index is 0.0426. The summed E-state index contributed by atoms with van der Waals surface area (Å²) in [5, 5.41) is 0. The average molecular weight is 361 g/mol. The standard InChI is InChI=1S/C24H40O2/c1-4-7-8-9-10-11-12-13-14-15-16-17-18-19-20-21-22-23(5-2)24(25)26-6-3/h10-11,13-14,16-17,19-20,23H,4-9,12,15,18,21-22H2,1-3H3/b11-10-,14-13-,17-16-,20-19-. The van der Waals surface area contributed by atoms with Crippen LogP contribution in [0.25, 0.3) is 0 Å². The molecule has 1 atom stereocenters. The van der Waals surface area contributed by atoms with E-state index in [1.54, 1.807) is 0 Å². The van der Waals surface area contributed by atoms with E-state index in [0.717, 1.165) is 38.5 Å². The highest BCUT2D eigenvalue weighted by molar-refractivity contribution is 5.72. The van der Waals surface area contributed by atoms with Crippen molar-refractivity contribution in [3.63, 3.8) is 0 Å². The normalized spacial score (nSPS) is 13.5. The second-order valence-electron chi connectivity index (χ2n) is 6.52.